The zero-order valence-electron chi connectivity index (χ0n) is 26.0. The average molecular weight is 611 g/mol. The topological polar surface area (TPSA) is 111 Å². The van der Waals surface area contributed by atoms with Gasteiger partial charge in [0.15, 0.2) is 11.6 Å². The molecule has 0 radical (unpaired) electrons. The molecule has 236 valence electrons. The number of nitrogens with zero attached hydrogens (tertiary/aromatic N) is 4. The molecule has 2 aliphatic heterocycles. The minimum atomic E-state index is -0.341. The SMILES string of the molecule is Cc1ccccc1N1CCN(c2cc(C3CC3)c(C(=O)NCCCN3CCCC3=O)cc2NC(=O)c2coc(C3CC3)n2)CC1. The molecule has 0 atom stereocenters. The first-order chi connectivity index (χ1) is 21.9. The van der Waals surface area contributed by atoms with Gasteiger partial charge in [0.2, 0.25) is 5.91 Å². The van der Waals surface area contributed by atoms with Gasteiger partial charge in [-0.25, -0.2) is 4.98 Å². The van der Waals surface area contributed by atoms with Crippen molar-refractivity contribution in [2.24, 2.45) is 0 Å². The summed E-state index contributed by atoms with van der Waals surface area (Å²) in [5, 5.41) is 6.19. The van der Waals surface area contributed by atoms with Gasteiger partial charge in [-0.05, 0) is 80.7 Å². The molecule has 2 saturated carbocycles. The largest absolute Gasteiger partial charge is 0.448 e. The molecule has 10 heteroatoms. The van der Waals surface area contributed by atoms with E-state index in [4.69, 9.17) is 4.42 Å². The number of piperazine rings is 1. The summed E-state index contributed by atoms with van der Waals surface area (Å²) in [6, 6.07) is 12.5. The van der Waals surface area contributed by atoms with Crippen molar-refractivity contribution in [3.05, 3.63) is 70.9 Å². The predicted octanol–water partition coefficient (Wildman–Crippen LogP) is 5.06. The molecule has 2 aromatic carbocycles. The highest BCUT2D eigenvalue weighted by Crippen LogP contribution is 2.45. The first-order valence-corrected chi connectivity index (χ1v) is 16.5. The molecule has 4 fully saturated rings. The number of benzene rings is 2. The Hall–Kier alpha value is -4.34. The zero-order chi connectivity index (χ0) is 30.9. The lowest BCUT2D eigenvalue weighted by Crippen LogP contribution is -2.47. The molecule has 2 aliphatic carbocycles. The van der Waals surface area contributed by atoms with Crippen LogP contribution in [0.15, 0.2) is 47.1 Å². The van der Waals surface area contributed by atoms with E-state index in [0.717, 1.165) is 76.1 Å². The fourth-order valence-corrected chi connectivity index (χ4v) is 6.60. The zero-order valence-corrected chi connectivity index (χ0v) is 26.0. The molecule has 45 heavy (non-hydrogen) atoms. The summed E-state index contributed by atoms with van der Waals surface area (Å²) in [5.41, 5.74) is 5.95. The summed E-state index contributed by atoms with van der Waals surface area (Å²) in [6.45, 7) is 7.38. The Labute approximate surface area is 264 Å². The van der Waals surface area contributed by atoms with E-state index in [1.807, 2.05) is 11.0 Å². The molecule has 0 spiro atoms. The highest BCUT2D eigenvalue weighted by Gasteiger charge is 2.33. The average Bonchev–Trinajstić information content (AvgIpc) is 3.99. The second-order valence-corrected chi connectivity index (χ2v) is 12.9. The van der Waals surface area contributed by atoms with Crippen molar-refractivity contribution < 1.29 is 18.8 Å². The summed E-state index contributed by atoms with van der Waals surface area (Å²) in [4.78, 5) is 50.1. The number of carbonyl (C=O) groups excluding carboxylic acids is 3. The Morgan fingerprint density at radius 3 is 2.36 bits per heavy atom. The number of hydrogen-bond donors (Lipinski definition) is 2. The molecular weight excluding hydrogens is 568 g/mol. The first-order valence-electron chi connectivity index (χ1n) is 16.5. The maximum Gasteiger partial charge on any atom is 0.277 e. The maximum absolute atomic E-state index is 13.6. The van der Waals surface area contributed by atoms with Gasteiger partial charge in [0, 0.05) is 69.4 Å². The van der Waals surface area contributed by atoms with Crippen LogP contribution in [0.25, 0.3) is 0 Å². The van der Waals surface area contributed by atoms with Crippen LogP contribution >= 0.6 is 0 Å². The molecule has 1 aromatic heterocycles. The summed E-state index contributed by atoms with van der Waals surface area (Å²) >= 11 is 0. The molecule has 3 amide bonds. The molecule has 2 saturated heterocycles. The fraction of sp³-hybridized carbons (Fsp3) is 0.486. The number of rotatable bonds is 11. The standard InChI is InChI=1S/C35H42N6O4/c1-23-6-2-3-7-30(23)39-16-18-40(19-17-39)31-21-26(24-9-10-24)27(33(43)36-13-5-15-41-14-4-8-32(41)42)20-28(31)37-34(44)29-22-45-35(38-29)25-11-12-25/h2-3,6-7,20-22,24-25H,4-5,8-19H2,1H3,(H,36,43)(H,37,44). The minimum absolute atomic E-state index is 0.145. The van der Waals surface area contributed by atoms with Gasteiger partial charge in [-0.15, -0.1) is 0 Å². The Bertz CT molecular complexity index is 1580. The fourth-order valence-electron chi connectivity index (χ4n) is 6.60. The van der Waals surface area contributed by atoms with Crippen LogP contribution in [0.4, 0.5) is 17.1 Å². The molecule has 7 rings (SSSR count). The monoisotopic (exact) mass is 610 g/mol. The number of aromatic nitrogens is 1. The highest BCUT2D eigenvalue weighted by atomic mass is 16.3. The second kappa shape index (κ2) is 12.6. The molecule has 4 aliphatic rings. The number of amides is 3. The summed E-state index contributed by atoms with van der Waals surface area (Å²) in [6.07, 6.45) is 7.84. The Balaban J connectivity index is 1.12. The van der Waals surface area contributed by atoms with E-state index in [1.165, 1.54) is 17.5 Å². The molecule has 2 N–H and O–H groups in total. The summed E-state index contributed by atoms with van der Waals surface area (Å²) in [5.74, 6) is 0.974. The molecule has 3 heterocycles. The summed E-state index contributed by atoms with van der Waals surface area (Å²) in [7, 11) is 0. The van der Waals surface area contributed by atoms with Crippen molar-refractivity contribution in [2.75, 3.05) is 60.9 Å². The van der Waals surface area contributed by atoms with Crippen LogP contribution in [0, 0.1) is 6.92 Å². The van der Waals surface area contributed by atoms with Crippen LogP contribution in [0.5, 0.6) is 0 Å². The van der Waals surface area contributed by atoms with Gasteiger partial charge in [0.1, 0.15) is 6.26 Å². The Morgan fingerprint density at radius 1 is 0.933 bits per heavy atom. The number of aryl methyl sites for hydroxylation is 1. The summed E-state index contributed by atoms with van der Waals surface area (Å²) < 4.78 is 5.60. The number of carbonyl (C=O) groups is 3. The van der Waals surface area contributed by atoms with Crippen LogP contribution < -0.4 is 20.4 Å². The van der Waals surface area contributed by atoms with Crippen LogP contribution in [0.1, 0.15) is 94.6 Å². The van der Waals surface area contributed by atoms with E-state index >= 15 is 0 Å². The van der Waals surface area contributed by atoms with E-state index in [-0.39, 0.29) is 23.4 Å². The van der Waals surface area contributed by atoms with Gasteiger partial charge in [-0.3, -0.25) is 14.4 Å². The van der Waals surface area contributed by atoms with Crippen molar-refractivity contribution >= 4 is 34.8 Å². The first kappa shape index (κ1) is 29.4. The number of likely N-dealkylation sites (tertiary alicyclic amines) is 1. The van der Waals surface area contributed by atoms with Gasteiger partial charge in [0.05, 0.1) is 11.4 Å². The van der Waals surface area contributed by atoms with E-state index in [2.05, 4.69) is 62.7 Å². The molecule has 3 aromatic rings. The van der Waals surface area contributed by atoms with Crippen molar-refractivity contribution in [1.29, 1.82) is 0 Å². The lowest BCUT2D eigenvalue weighted by atomic mass is 9.99. The van der Waals surface area contributed by atoms with Crippen LogP contribution in [-0.4, -0.2) is 73.4 Å². The van der Waals surface area contributed by atoms with Gasteiger partial charge in [0.25, 0.3) is 11.8 Å². The Morgan fingerprint density at radius 2 is 1.67 bits per heavy atom. The predicted molar refractivity (Wildman–Crippen MR) is 173 cm³/mol. The smallest absolute Gasteiger partial charge is 0.277 e. The number of nitrogens with one attached hydrogen (secondary N) is 2. The van der Waals surface area contributed by atoms with Crippen LogP contribution in [0.3, 0.4) is 0 Å². The highest BCUT2D eigenvalue weighted by molar-refractivity contribution is 6.06. The van der Waals surface area contributed by atoms with E-state index in [1.54, 1.807) is 0 Å². The van der Waals surface area contributed by atoms with Crippen molar-refractivity contribution in [2.45, 2.75) is 63.7 Å². The van der Waals surface area contributed by atoms with E-state index < -0.39 is 0 Å². The normalized spacial score (nSPS) is 18.4. The quantitative estimate of drug-likeness (QED) is 0.292. The number of hydrogen-bond acceptors (Lipinski definition) is 7. The second-order valence-electron chi connectivity index (χ2n) is 12.9. The van der Waals surface area contributed by atoms with Gasteiger partial charge in [-0.2, -0.15) is 0 Å². The van der Waals surface area contributed by atoms with Crippen molar-refractivity contribution in [3.63, 3.8) is 0 Å². The van der Waals surface area contributed by atoms with Gasteiger partial charge < -0.3 is 29.8 Å². The van der Waals surface area contributed by atoms with Crippen LogP contribution in [-0.2, 0) is 4.79 Å². The molecule has 0 unspecified atom stereocenters. The minimum Gasteiger partial charge on any atom is -0.448 e. The van der Waals surface area contributed by atoms with Crippen molar-refractivity contribution in [3.8, 4) is 0 Å². The molecule has 10 nitrogen and oxygen atoms in total. The van der Waals surface area contributed by atoms with E-state index in [9.17, 15) is 14.4 Å². The molecular formula is C35H42N6O4. The third kappa shape index (κ3) is 6.55. The third-order valence-electron chi connectivity index (χ3n) is 9.50. The number of anilines is 3. The number of para-hydroxylation sites is 1. The lowest BCUT2D eigenvalue weighted by molar-refractivity contribution is -0.127. The maximum atomic E-state index is 13.6. The lowest BCUT2D eigenvalue weighted by Gasteiger charge is -2.39. The van der Waals surface area contributed by atoms with Crippen molar-refractivity contribution in [1.82, 2.24) is 15.2 Å². The third-order valence-corrected chi connectivity index (χ3v) is 9.50. The number of oxazole rings is 1. The van der Waals surface area contributed by atoms with Gasteiger partial charge >= 0.3 is 0 Å². The van der Waals surface area contributed by atoms with Crippen LogP contribution in [0.2, 0.25) is 0 Å². The van der Waals surface area contributed by atoms with E-state index in [0.29, 0.717) is 54.9 Å². The Kier molecular flexibility index (Phi) is 8.21. The van der Waals surface area contributed by atoms with Gasteiger partial charge in [-0.1, -0.05) is 18.2 Å². The molecule has 0 bridgehead atoms.